The van der Waals surface area contributed by atoms with E-state index in [2.05, 4.69) is 132 Å². The van der Waals surface area contributed by atoms with Crippen LogP contribution < -0.4 is 18.9 Å². The molecule has 8 nitrogen and oxygen atoms in total. The summed E-state index contributed by atoms with van der Waals surface area (Å²) in [6.45, 7) is 28.5. The topological polar surface area (TPSA) is 101 Å². The molecule has 0 amide bonds. The maximum Gasteiger partial charge on any atom is 0.297 e. The molecule has 356 valence electrons. The average molecular weight is 919 g/mol. The Bertz CT molecular complexity index is 2530. The number of rotatable bonds is 11. The van der Waals surface area contributed by atoms with Crippen molar-refractivity contribution in [1.29, 1.82) is 0 Å². The fraction of sp³-hybridized carbons (Fsp3) is 0.474. The van der Waals surface area contributed by atoms with Crippen LogP contribution in [0.15, 0.2) is 77.7 Å². The summed E-state index contributed by atoms with van der Waals surface area (Å²) < 4.78 is 58.6. The van der Waals surface area contributed by atoms with E-state index in [1.807, 2.05) is 6.92 Å². The molecule has 0 atom stereocenters. The van der Waals surface area contributed by atoms with Crippen LogP contribution in [0.4, 0.5) is 0 Å². The highest BCUT2D eigenvalue weighted by atomic mass is 32.2. The molecule has 6 rings (SSSR count). The Morgan fingerprint density at radius 1 is 0.455 bits per heavy atom. The summed E-state index contributed by atoms with van der Waals surface area (Å²) in [6, 6.07) is 24.7. The minimum atomic E-state index is -4.02. The van der Waals surface area contributed by atoms with Gasteiger partial charge in [0.25, 0.3) is 10.1 Å². The zero-order chi connectivity index (χ0) is 48.6. The van der Waals surface area contributed by atoms with Crippen molar-refractivity contribution >= 4 is 10.1 Å². The van der Waals surface area contributed by atoms with E-state index in [4.69, 9.17) is 23.1 Å². The number of fused-ring (bicyclic) bond motifs is 8. The number of benzene rings is 5. The predicted molar refractivity (Wildman–Crippen MR) is 267 cm³/mol. The molecule has 0 saturated heterocycles. The van der Waals surface area contributed by atoms with Crippen molar-refractivity contribution in [2.45, 2.75) is 142 Å². The average Bonchev–Trinajstić information content (AvgIpc) is 3.21. The van der Waals surface area contributed by atoms with Crippen molar-refractivity contribution in [3.8, 4) is 23.0 Å². The van der Waals surface area contributed by atoms with Gasteiger partial charge in [-0.15, -0.1) is 0 Å². The molecule has 0 heterocycles. The van der Waals surface area contributed by atoms with E-state index in [1.54, 1.807) is 38.5 Å². The van der Waals surface area contributed by atoms with Crippen LogP contribution in [0.2, 0.25) is 0 Å². The first-order valence-corrected chi connectivity index (χ1v) is 24.7. The maximum atomic E-state index is 13.3. The van der Waals surface area contributed by atoms with Crippen molar-refractivity contribution in [3.05, 3.63) is 145 Å². The highest BCUT2D eigenvalue weighted by Crippen LogP contribution is 2.44. The number of ether oxygens (including phenoxy) is 4. The van der Waals surface area contributed by atoms with Crippen molar-refractivity contribution in [2.24, 2.45) is 0 Å². The van der Waals surface area contributed by atoms with Gasteiger partial charge >= 0.3 is 0 Å². The van der Waals surface area contributed by atoms with Gasteiger partial charge in [0.15, 0.2) is 0 Å². The van der Waals surface area contributed by atoms with Gasteiger partial charge in [0.1, 0.15) is 42.8 Å². The summed E-state index contributed by atoms with van der Waals surface area (Å²) in [4.78, 5) is 0.105. The Morgan fingerprint density at radius 2 is 0.742 bits per heavy atom. The number of aliphatic hydroxyl groups excluding tert-OH is 1. The van der Waals surface area contributed by atoms with E-state index >= 15 is 0 Å². The van der Waals surface area contributed by atoms with Crippen LogP contribution in [0.5, 0.6) is 23.0 Å². The lowest BCUT2D eigenvalue weighted by Gasteiger charge is -2.29. The lowest BCUT2D eigenvalue weighted by Crippen LogP contribution is -2.18. The van der Waals surface area contributed by atoms with Crippen molar-refractivity contribution < 1.29 is 36.7 Å². The molecule has 1 N–H and O–H groups in total. The molecule has 0 aromatic heterocycles. The minimum Gasteiger partial charge on any atom is -0.496 e. The Kier molecular flexibility index (Phi) is 14.9. The first-order chi connectivity index (χ1) is 30.7. The van der Waals surface area contributed by atoms with Gasteiger partial charge in [-0.3, -0.25) is 4.18 Å². The summed E-state index contributed by atoms with van der Waals surface area (Å²) in [6.07, 6.45) is 1.98. The van der Waals surface area contributed by atoms with E-state index < -0.39 is 10.1 Å². The molecule has 1 aliphatic carbocycles. The standard InChI is InChI=1S/C57H74O8S/c1-36-16-18-49(19-17-36)66(59,60)65-23-22-64-53-43-26-39-30-45(54(2,3)4)28-37(50(39)61-14)24-41-32-47(56(8,9)10)33-42(52(41)63-21-20-58)25-38-29-46(55(5,6)7)31-40(51(38)62-15)27-44(53)35-48(34-43)57(11,12)13/h16-19,28-35,58H,20-27H2,1-15H3. The van der Waals surface area contributed by atoms with E-state index in [0.717, 1.165) is 72.9 Å². The van der Waals surface area contributed by atoms with Gasteiger partial charge < -0.3 is 24.1 Å². The van der Waals surface area contributed by atoms with Crippen LogP contribution in [-0.4, -0.2) is 54.2 Å². The smallest absolute Gasteiger partial charge is 0.297 e. The molecule has 0 radical (unpaired) electrons. The molecule has 5 aromatic rings. The summed E-state index contributed by atoms with van der Waals surface area (Å²) in [5.74, 6) is 3.02. The van der Waals surface area contributed by atoms with Crippen molar-refractivity contribution in [3.63, 3.8) is 0 Å². The molecule has 0 saturated carbocycles. The Labute approximate surface area is 396 Å². The molecule has 5 aromatic carbocycles. The summed E-state index contributed by atoms with van der Waals surface area (Å²) in [7, 11) is -0.538. The van der Waals surface area contributed by atoms with E-state index in [9.17, 15) is 13.5 Å². The van der Waals surface area contributed by atoms with Crippen LogP contribution >= 0.6 is 0 Å². The van der Waals surface area contributed by atoms with Gasteiger partial charge in [0.05, 0.1) is 25.7 Å². The van der Waals surface area contributed by atoms with Crippen LogP contribution in [-0.2, 0) is 61.6 Å². The van der Waals surface area contributed by atoms with Gasteiger partial charge in [0, 0.05) is 25.7 Å². The van der Waals surface area contributed by atoms with E-state index in [-0.39, 0.29) is 53.0 Å². The van der Waals surface area contributed by atoms with Gasteiger partial charge in [-0.05, 0) is 107 Å². The van der Waals surface area contributed by atoms with Gasteiger partial charge in [-0.25, -0.2) is 0 Å². The van der Waals surface area contributed by atoms with Crippen LogP contribution in [0.25, 0.3) is 0 Å². The third-order valence-corrected chi connectivity index (χ3v) is 13.9. The van der Waals surface area contributed by atoms with Crippen molar-refractivity contribution in [1.82, 2.24) is 0 Å². The molecule has 1 aliphatic rings. The molecule has 8 bridgehead atoms. The minimum absolute atomic E-state index is 0.00381. The maximum absolute atomic E-state index is 13.3. The number of aryl methyl sites for hydroxylation is 1. The third-order valence-electron chi connectivity index (χ3n) is 12.6. The monoisotopic (exact) mass is 919 g/mol. The summed E-state index contributed by atoms with van der Waals surface area (Å²) >= 11 is 0. The Balaban J connectivity index is 1.67. The fourth-order valence-corrected chi connectivity index (χ4v) is 9.62. The largest absolute Gasteiger partial charge is 0.496 e. The zero-order valence-electron chi connectivity index (χ0n) is 42.3. The second kappa shape index (κ2) is 19.4. The number of hydrogen-bond donors (Lipinski definition) is 1. The van der Waals surface area contributed by atoms with E-state index in [0.29, 0.717) is 31.4 Å². The molecule has 0 aliphatic heterocycles. The SMILES string of the molecule is COc1c2cc(C(C)(C)C)cc1Cc1cc(C(C)(C)C)cc(c1OCCOS(=O)(=O)c1ccc(C)cc1)Cc1cc(C(C)(C)C)cc(c1OC)Cc1cc(C(C)(C)C)cc(c1OCCO)C2. The quantitative estimate of drug-likeness (QED) is 0.101. The molecule has 0 spiro atoms. The summed E-state index contributed by atoms with van der Waals surface area (Å²) in [5.41, 5.74) is 12.8. The highest BCUT2D eigenvalue weighted by Gasteiger charge is 2.29. The Hall–Kier alpha value is -4.83. The number of methoxy groups -OCH3 is 2. The van der Waals surface area contributed by atoms with Crippen LogP contribution in [0, 0.1) is 6.92 Å². The molecular formula is C57H74O8S. The molecular weight excluding hydrogens is 845 g/mol. The third kappa shape index (κ3) is 11.6. The van der Waals surface area contributed by atoms with Gasteiger partial charge in [-0.1, -0.05) is 149 Å². The molecule has 9 heteroatoms. The highest BCUT2D eigenvalue weighted by molar-refractivity contribution is 7.86. The van der Waals surface area contributed by atoms with Gasteiger partial charge in [0.2, 0.25) is 0 Å². The predicted octanol–water partition coefficient (Wildman–Crippen LogP) is 12.0. The van der Waals surface area contributed by atoms with E-state index in [1.165, 1.54) is 16.7 Å². The molecule has 66 heavy (non-hydrogen) atoms. The number of aliphatic hydroxyl groups is 1. The first-order valence-electron chi connectivity index (χ1n) is 23.3. The lowest BCUT2D eigenvalue weighted by molar-refractivity contribution is 0.199. The fourth-order valence-electron chi connectivity index (χ4n) is 8.72. The lowest BCUT2D eigenvalue weighted by atomic mass is 9.79. The Morgan fingerprint density at radius 3 is 1.02 bits per heavy atom. The van der Waals surface area contributed by atoms with Crippen LogP contribution in [0.1, 0.15) is 155 Å². The molecule has 0 fully saturated rings. The normalized spacial score (nSPS) is 13.6. The van der Waals surface area contributed by atoms with Gasteiger partial charge in [-0.2, -0.15) is 8.42 Å². The summed E-state index contributed by atoms with van der Waals surface area (Å²) in [5, 5.41) is 10.2. The van der Waals surface area contributed by atoms with Crippen molar-refractivity contribution in [2.75, 3.05) is 40.6 Å². The second-order valence-electron chi connectivity index (χ2n) is 22.1. The molecule has 0 unspecified atom stereocenters. The second-order valence-corrected chi connectivity index (χ2v) is 23.7. The zero-order valence-corrected chi connectivity index (χ0v) is 43.1. The number of hydrogen-bond acceptors (Lipinski definition) is 8. The first kappa shape index (κ1) is 50.6. The van der Waals surface area contributed by atoms with Crippen LogP contribution in [0.3, 0.4) is 0 Å².